The van der Waals surface area contributed by atoms with Crippen LogP contribution in [0, 0.1) is 17.8 Å². The molecule has 0 aromatic carbocycles. The summed E-state index contributed by atoms with van der Waals surface area (Å²) in [4.78, 5) is 22.9. The lowest BCUT2D eigenvalue weighted by molar-refractivity contribution is -0.143. The van der Waals surface area contributed by atoms with E-state index in [2.05, 4.69) is 19.2 Å². The van der Waals surface area contributed by atoms with E-state index in [0.717, 1.165) is 12.8 Å². The quantitative estimate of drug-likeness (QED) is 0.702. The molecule has 4 heteroatoms. The Balaban J connectivity index is 4.30. The Labute approximate surface area is 110 Å². The maximum atomic E-state index is 11.8. The molecule has 18 heavy (non-hydrogen) atoms. The fourth-order valence-corrected chi connectivity index (χ4v) is 2.12. The summed E-state index contributed by atoms with van der Waals surface area (Å²) in [7, 11) is 0. The third-order valence-electron chi connectivity index (χ3n) is 3.20. The van der Waals surface area contributed by atoms with Crippen LogP contribution in [0.25, 0.3) is 0 Å². The van der Waals surface area contributed by atoms with Crippen molar-refractivity contribution in [2.45, 2.75) is 59.9 Å². The highest BCUT2D eigenvalue weighted by Gasteiger charge is 2.25. The van der Waals surface area contributed by atoms with Crippen molar-refractivity contribution in [1.82, 2.24) is 5.32 Å². The van der Waals surface area contributed by atoms with Crippen molar-refractivity contribution in [3.05, 3.63) is 0 Å². The summed E-state index contributed by atoms with van der Waals surface area (Å²) in [5, 5.41) is 11.7. The van der Waals surface area contributed by atoms with Gasteiger partial charge in [-0.3, -0.25) is 4.79 Å². The van der Waals surface area contributed by atoms with Crippen LogP contribution in [0.1, 0.15) is 53.9 Å². The van der Waals surface area contributed by atoms with Gasteiger partial charge in [-0.05, 0) is 24.2 Å². The van der Waals surface area contributed by atoms with E-state index in [0.29, 0.717) is 12.3 Å². The predicted octanol–water partition coefficient (Wildman–Crippen LogP) is 2.67. The molecule has 0 spiro atoms. The first-order chi connectivity index (χ1) is 8.27. The molecule has 1 amide bonds. The summed E-state index contributed by atoms with van der Waals surface area (Å²) < 4.78 is 0. The molecule has 0 heterocycles. The summed E-state index contributed by atoms with van der Waals surface area (Å²) in [5.74, 6) is -0.314. The average Bonchev–Trinajstić information content (AvgIpc) is 2.23. The van der Waals surface area contributed by atoms with Gasteiger partial charge in [0.2, 0.25) is 5.91 Å². The zero-order valence-corrected chi connectivity index (χ0v) is 12.2. The van der Waals surface area contributed by atoms with E-state index in [1.54, 1.807) is 0 Å². The zero-order chi connectivity index (χ0) is 14.3. The Hall–Kier alpha value is -1.06. The predicted molar refractivity (Wildman–Crippen MR) is 72.3 cm³/mol. The van der Waals surface area contributed by atoms with Crippen LogP contribution < -0.4 is 5.32 Å². The van der Waals surface area contributed by atoms with Crippen molar-refractivity contribution in [2.24, 2.45) is 17.8 Å². The minimum Gasteiger partial charge on any atom is -0.480 e. The molecule has 0 aliphatic rings. The van der Waals surface area contributed by atoms with Gasteiger partial charge < -0.3 is 10.4 Å². The van der Waals surface area contributed by atoms with E-state index < -0.39 is 12.0 Å². The van der Waals surface area contributed by atoms with Gasteiger partial charge >= 0.3 is 5.97 Å². The lowest BCUT2D eigenvalue weighted by Crippen LogP contribution is -2.45. The minimum atomic E-state index is -0.950. The first kappa shape index (κ1) is 16.9. The number of nitrogens with one attached hydrogen (secondary N) is 1. The van der Waals surface area contributed by atoms with E-state index in [1.165, 1.54) is 0 Å². The molecule has 0 rings (SSSR count). The highest BCUT2D eigenvalue weighted by Crippen LogP contribution is 2.15. The van der Waals surface area contributed by atoms with Gasteiger partial charge in [-0.25, -0.2) is 4.79 Å². The van der Waals surface area contributed by atoms with Crippen LogP contribution in [0.3, 0.4) is 0 Å². The van der Waals surface area contributed by atoms with Gasteiger partial charge in [-0.2, -0.15) is 0 Å². The molecule has 0 saturated heterocycles. The smallest absolute Gasteiger partial charge is 0.326 e. The molecule has 0 aliphatic carbocycles. The highest BCUT2D eigenvalue weighted by molar-refractivity contribution is 5.83. The monoisotopic (exact) mass is 257 g/mol. The number of carbonyl (C=O) groups excluding carboxylic acids is 1. The third kappa shape index (κ3) is 6.62. The van der Waals surface area contributed by atoms with Crippen molar-refractivity contribution in [3.8, 4) is 0 Å². The first-order valence-corrected chi connectivity index (χ1v) is 6.80. The summed E-state index contributed by atoms with van der Waals surface area (Å²) in [6.07, 6.45) is 2.12. The zero-order valence-electron chi connectivity index (χ0n) is 12.2. The Morgan fingerprint density at radius 3 is 2.11 bits per heavy atom. The van der Waals surface area contributed by atoms with Crippen LogP contribution in [-0.2, 0) is 9.59 Å². The number of carboxylic acid groups (broad SMARTS) is 1. The fourth-order valence-electron chi connectivity index (χ4n) is 2.12. The lowest BCUT2D eigenvalue weighted by atomic mass is 9.94. The topological polar surface area (TPSA) is 66.4 Å². The number of hydrogen-bond donors (Lipinski definition) is 2. The third-order valence-corrected chi connectivity index (χ3v) is 3.20. The van der Waals surface area contributed by atoms with Gasteiger partial charge in [0.1, 0.15) is 6.04 Å². The molecular formula is C14H27NO3. The number of aliphatic carboxylic acids is 1. The molecule has 0 fully saturated rings. The first-order valence-electron chi connectivity index (χ1n) is 6.80. The Kier molecular flexibility index (Phi) is 7.64. The van der Waals surface area contributed by atoms with Crippen molar-refractivity contribution < 1.29 is 14.7 Å². The number of rotatable bonds is 8. The van der Waals surface area contributed by atoms with Crippen LogP contribution in [0.4, 0.5) is 0 Å². The number of carboxylic acids is 1. The minimum absolute atomic E-state index is 0.0492. The van der Waals surface area contributed by atoms with Gasteiger partial charge in [-0.15, -0.1) is 0 Å². The summed E-state index contributed by atoms with van der Waals surface area (Å²) in [6.45, 7) is 10.0. The van der Waals surface area contributed by atoms with E-state index in [4.69, 9.17) is 5.11 Å². The molecule has 106 valence electrons. The van der Waals surface area contributed by atoms with Crippen LogP contribution in [0.2, 0.25) is 0 Å². The molecule has 1 unspecified atom stereocenters. The Morgan fingerprint density at radius 1 is 1.17 bits per heavy atom. The van der Waals surface area contributed by atoms with Crippen LogP contribution in [0.5, 0.6) is 0 Å². The SMILES string of the molecule is CC[C@H](C)[C@H](NC(=O)CC(C)CC(C)C)C(=O)O. The van der Waals surface area contributed by atoms with Gasteiger partial charge in [0.15, 0.2) is 0 Å². The second-order valence-electron chi connectivity index (χ2n) is 5.71. The highest BCUT2D eigenvalue weighted by atomic mass is 16.4. The lowest BCUT2D eigenvalue weighted by Gasteiger charge is -2.21. The number of hydrogen-bond acceptors (Lipinski definition) is 2. The average molecular weight is 257 g/mol. The van der Waals surface area contributed by atoms with Gasteiger partial charge in [0, 0.05) is 6.42 Å². The standard InChI is InChI=1S/C14H27NO3/c1-6-11(5)13(14(17)18)15-12(16)8-10(4)7-9(2)3/h9-11,13H,6-8H2,1-5H3,(H,15,16)(H,17,18)/t10?,11-,13-/m0/s1. The van der Waals surface area contributed by atoms with Crippen molar-refractivity contribution in [1.29, 1.82) is 0 Å². The molecule has 0 saturated carbocycles. The van der Waals surface area contributed by atoms with Crippen LogP contribution >= 0.6 is 0 Å². The maximum Gasteiger partial charge on any atom is 0.326 e. The second kappa shape index (κ2) is 8.11. The molecule has 0 aromatic heterocycles. The largest absolute Gasteiger partial charge is 0.480 e. The number of amides is 1. The molecule has 0 bridgehead atoms. The number of carbonyl (C=O) groups is 2. The molecule has 0 aromatic rings. The van der Waals surface area contributed by atoms with Gasteiger partial charge in [0.25, 0.3) is 0 Å². The van der Waals surface area contributed by atoms with E-state index in [-0.39, 0.29) is 17.7 Å². The summed E-state index contributed by atoms with van der Waals surface area (Å²) >= 11 is 0. The Morgan fingerprint density at radius 2 is 1.72 bits per heavy atom. The van der Waals surface area contributed by atoms with Crippen LogP contribution in [0.15, 0.2) is 0 Å². The van der Waals surface area contributed by atoms with Crippen molar-refractivity contribution >= 4 is 11.9 Å². The molecule has 3 atom stereocenters. The summed E-state index contributed by atoms with van der Waals surface area (Å²) in [5.41, 5.74) is 0. The second-order valence-corrected chi connectivity index (χ2v) is 5.71. The fraction of sp³-hybridized carbons (Fsp3) is 0.857. The molecule has 4 nitrogen and oxygen atoms in total. The normalized spacial score (nSPS) is 16.1. The molecular weight excluding hydrogens is 230 g/mol. The van der Waals surface area contributed by atoms with E-state index in [9.17, 15) is 9.59 Å². The Bertz CT molecular complexity index is 276. The molecule has 0 radical (unpaired) electrons. The molecule has 2 N–H and O–H groups in total. The molecule has 0 aliphatic heterocycles. The van der Waals surface area contributed by atoms with Gasteiger partial charge in [0.05, 0.1) is 0 Å². The van der Waals surface area contributed by atoms with E-state index in [1.807, 2.05) is 20.8 Å². The maximum absolute atomic E-state index is 11.8. The van der Waals surface area contributed by atoms with Crippen LogP contribution in [-0.4, -0.2) is 23.0 Å². The van der Waals surface area contributed by atoms with Crippen molar-refractivity contribution in [3.63, 3.8) is 0 Å². The summed E-state index contributed by atoms with van der Waals surface area (Å²) in [6, 6.07) is -0.770. The van der Waals surface area contributed by atoms with Gasteiger partial charge in [-0.1, -0.05) is 41.0 Å². The van der Waals surface area contributed by atoms with E-state index >= 15 is 0 Å². The van der Waals surface area contributed by atoms with Crippen molar-refractivity contribution in [2.75, 3.05) is 0 Å².